The molecule has 1 aliphatic carbocycles. The van der Waals surface area contributed by atoms with E-state index in [-0.39, 0.29) is 0 Å². The van der Waals surface area contributed by atoms with Gasteiger partial charge in [-0.2, -0.15) is 5.10 Å². The molecule has 0 aliphatic heterocycles. The number of hydrogen-bond donors (Lipinski definition) is 1. The van der Waals surface area contributed by atoms with Crippen molar-refractivity contribution in [3.63, 3.8) is 0 Å². The Labute approximate surface area is 184 Å². The van der Waals surface area contributed by atoms with Crippen LogP contribution in [0.4, 0.5) is 0 Å². The molecule has 1 heterocycles. The van der Waals surface area contributed by atoms with Gasteiger partial charge in [0.1, 0.15) is 5.82 Å². The van der Waals surface area contributed by atoms with E-state index in [1.54, 1.807) is 12.1 Å². The molecule has 1 fully saturated rings. The minimum atomic E-state index is -0.907. The topological polar surface area (TPSA) is 68.0 Å². The summed E-state index contributed by atoms with van der Waals surface area (Å²) in [6, 6.07) is 15.3. The Kier molecular flexibility index (Phi) is 6.50. The van der Waals surface area contributed by atoms with Crippen molar-refractivity contribution in [3.8, 4) is 11.1 Å². The van der Waals surface area contributed by atoms with Crippen molar-refractivity contribution in [2.75, 3.05) is 0 Å². The standard InChI is InChI=1S/C26H31N3O2/c1-18(2)16-24-27-25(21-8-4-3-5-9-21)28-29(24)17-19-12-14-20(15-13-19)22-10-6-7-11-23(22)26(30)31/h6-7,10-15,18,21H,3-5,8-9,16-17H2,1-2H3,(H,30,31). The lowest BCUT2D eigenvalue weighted by molar-refractivity contribution is 0.0697. The van der Waals surface area contributed by atoms with Crippen molar-refractivity contribution in [2.45, 2.75) is 64.8 Å². The lowest BCUT2D eigenvalue weighted by Gasteiger charge is -2.18. The van der Waals surface area contributed by atoms with Crippen molar-refractivity contribution >= 4 is 5.97 Å². The lowest BCUT2D eigenvalue weighted by atomic mass is 9.89. The average molecular weight is 418 g/mol. The van der Waals surface area contributed by atoms with Crippen LogP contribution in [0.25, 0.3) is 11.1 Å². The molecule has 162 valence electrons. The summed E-state index contributed by atoms with van der Waals surface area (Å²) in [5.74, 6) is 2.20. The number of hydrogen-bond acceptors (Lipinski definition) is 3. The maximum atomic E-state index is 11.5. The van der Waals surface area contributed by atoms with Crippen LogP contribution < -0.4 is 0 Å². The first-order valence-electron chi connectivity index (χ1n) is 11.4. The highest BCUT2D eigenvalue weighted by molar-refractivity contribution is 5.95. The maximum absolute atomic E-state index is 11.5. The molecule has 0 atom stereocenters. The van der Waals surface area contributed by atoms with Crippen molar-refractivity contribution in [1.29, 1.82) is 0 Å². The van der Waals surface area contributed by atoms with Gasteiger partial charge in [-0.1, -0.05) is 75.6 Å². The minimum Gasteiger partial charge on any atom is -0.478 e. The number of carboxylic acids is 1. The van der Waals surface area contributed by atoms with Gasteiger partial charge in [-0.05, 0) is 41.5 Å². The summed E-state index contributed by atoms with van der Waals surface area (Å²) in [5.41, 5.74) is 3.11. The van der Waals surface area contributed by atoms with Gasteiger partial charge >= 0.3 is 5.97 Å². The largest absolute Gasteiger partial charge is 0.478 e. The summed E-state index contributed by atoms with van der Waals surface area (Å²) >= 11 is 0. The quantitative estimate of drug-likeness (QED) is 0.517. The molecule has 0 spiro atoms. The maximum Gasteiger partial charge on any atom is 0.336 e. The molecule has 1 N–H and O–H groups in total. The highest BCUT2D eigenvalue weighted by Gasteiger charge is 2.22. The number of aromatic nitrogens is 3. The smallest absolute Gasteiger partial charge is 0.336 e. The highest BCUT2D eigenvalue weighted by Crippen LogP contribution is 2.31. The Balaban J connectivity index is 1.57. The monoisotopic (exact) mass is 417 g/mol. The first kappa shape index (κ1) is 21.3. The molecule has 5 nitrogen and oxygen atoms in total. The molecule has 0 unspecified atom stereocenters. The number of carbonyl (C=O) groups is 1. The lowest BCUT2D eigenvalue weighted by Crippen LogP contribution is -2.10. The number of rotatable bonds is 7. The van der Waals surface area contributed by atoms with Gasteiger partial charge in [-0.25, -0.2) is 14.5 Å². The van der Waals surface area contributed by atoms with Gasteiger partial charge in [0, 0.05) is 12.3 Å². The molecule has 0 amide bonds. The van der Waals surface area contributed by atoms with E-state index in [0.29, 0.717) is 23.9 Å². The van der Waals surface area contributed by atoms with E-state index < -0.39 is 5.97 Å². The predicted molar refractivity (Wildman–Crippen MR) is 122 cm³/mol. The molecule has 1 aromatic heterocycles. The minimum absolute atomic E-state index is 0.322. The number of aromatic carboxylic acids is 1. The second kappa shape index (κ2) is 9.46. The van der Waals surface area contributed by atoms with E-state index in [1.165, 1.54) is 32.1 Å². The molecule has 0 saturated heterocycles. The Bertz CT molecular complexity index is 1030. The molecule has 1 aliphatic rings. The van der Waals surface area contributed by atoms with Gasteiger partial charge in [-0.15, -0.1) is 0 Å². The molecule has 0 bridgehead atoms. The molecule has 31 heavy (non-hydrogen) atoms. The van der Waals surface area contributed by atoms with E-state index in [2.05, 4.69) is 30.7 Å². The van der Waals surface area contributed by atoms with Gasteiger partial charge < -0.3 is 5.11 Å². The zero-order valence-electron chi connectivity index (χ0n) is 18.4. The van der Waals surface area contributed by atoms with E-state index in [4.69, 9.17) is 10.1 Å². The van der Waals surface area contributed by atoms with Crippen LogP contribution in [0, 0.1) is 5.92 Å². The first-order valence-corrected chi connectivity index (χ1v) is 11.4. The fourth-order valence-corrected chi connectivity index (χ4v) is 4.45. The van der Waals surface area contributed by atoms with E-state index in [9.17, 15) is 9.90 Å². The second-order valence-electron chi connectivity index (χ2n) is 9.02. The molecule has 4 rings (SSSR count). The van der Waals surface area contributed by atoms with Crippen LogP contribution in [-0.2, 0) is 13.0 Å². The summed E-state index contributed by atoms with van der Waals surface area (Å²) in [6.45, 7) is 5.12. The average Bonchev–Trinajstić information content (AvgIpc) is 3.16. The van der Waals surface area contributed by atoms with Crippen molar-refractivity contribution in [1.82, 2.24) is 14.8 Å². The van der Waals surface area contributed by atoms with Crippen LogP contribution in [0.5, 0.6) is 0 Å². The van der Waals surface area contributed by atoms with Gasteiger partial charge in [0.2, 0.25) is 0 Å². The SMILES string of the molecule is CC(C)Cc1nc(C2CCCCC2)nn1Cc1ccc(-c2ccccc2C(=O)O)cc1. The molecule has 5 heteroatoms. The predicted octanol–water partition coefficient (Wildman–Crippen LogP) is 5.94. The van der Waals surface area contributed by atoms with Crippen LogP contribution in [0.3, 0.4) is 0 Å². The Morgan fingerprint density at radius 1 is 1.06 bits per heavy atom. The molecule has 1 saturated carbocycles. The molecule has 0 radical (unpaired) electrons. The van der Waals surface area contributed by atoms with E-state index in [1.807, 2.05) is 24.3 Å². The van der Waals surface area contributed by atoms with Crippen LogP contribution in [0.1, 0.15) is 79.4 Å². The Hall–Kier alpha value is -2.95. The molecule has 2 aromatic carbocycles. The number of benzene rings is 2. The van der Waals surface area contributed by atoms with Crippen LogP contribution >= 0.6 is 0 Å². The molecule has 3 aromatic rings. The molecular weight excluding hydrogens is 386 g/mol. The fraction of sp³-hybridized carbons (Fsp3) is 0.423. The first-order chi connectivity index (χ1) is 15.0. The summed E-state index contributed by atoms with van der Waals surface area (Å²) in [4.78, 5) is 16.5. The van der Waals surface area contributed by atoms with Gasteiger partial charge in [0.05, 0.1) is 12.1 Å². The summed E-state index contributed by atoms with van der Waals surface area (Å²) < 4.78 is 2.07. The van der Waals surface area contributed by atoms with Crippen LogP contribution in [-0.4, -0.2) is 25.8 Å². The third kappa shape index (κ3) is 5.04. The zero-order valence-corrected chi connectivity index (χ0v) is 18.4. The Morgan fingerprint density at radius 3 is 2.45 bits per heavy atom. The summed E-state index contributed by atoms with van der Waals surface area (Å²) in [5, 5.41) is 14.4. The number of nitrogens with zero attached hydrogens (tertiary/aromatic N) is 3. The third-order valence-electron chi connectivity index (χ3n) is 6.08. The van der Waals surface area contributed by atoms with E-state index >= 15 is 0 Å². The van der Waals surface area contributed by atoms with E-state index in [0.717, 1.165) is 34.8 Å². The van der Waals surface area contributed by atoms with Gasteiger partial charge in [-0.3, -0.25) is 0 Å². The van der Waals surface area contributed by atoms with Crippen molar-refractivity contribution in [3.05, 3.63) is 71.3 Å². The molecular formula is C26H31N3O2. The fourth-order valence-electron chi connectivity index (χ4n) is 4.45. The second-order valence-corrected chi connectivity index (χ2v) is 9.02. The summed E-state index contributed by atoms with van der Waals surface area (Å²) in [6.07, 6.45) is 7.19. The van der Waals surface area contributed by atoms with Crippen molar-refractivity contribution < 1.29 is 9.90 Å². The van der Waals surface area contributed by atoms with Crippen molar-refractivity contribution in [2.24, 2.45) is 5.92 Å². The van der Waals surface area contributed by atoms with Gasteiger partial charge in [0.25, 0.3) is 0 Å². The normalized spacial score (nSPS) is 14.8. The van der Waals surface area contributed by atoms with Crippen LogP contribution in [0.2, 0.25) is 0 Å². The van der Waals surface area contributed by atoms with Gasteiger partial charge in [0.15, 0.2) is 5.82 Å². The zero-order chi connectivity index (χ0) is 21.8. The highest BCUT2D eigenvalue weighted by atomic mass is 16.4. The Morgan fingerprint density at radius 2 is 1.77 bits per heavy atom. The summed E-state index contributed by atoms with van der Waals surface area (Å²) in [7, 11) is 0. The number of carboxylic acid groups (broad SMARTS) is 1. The third-order valence-corrected chi connectivity index (χ3v) is 6.08. The van der Waals surface area contributed by atoms with Crippen LogP contribution in [0.15, 0.2) is 48.5 Å².